The second-order valence-electron chi connectivity index (χ2n) is 5.04. The number of hydrogen-bond donors (Lipinski definition) is 0. The number of ether oxygens (including phenoxy) is 1. The van der Waals surface area contributed by atoms with Gasteiger partial charge in [0.2, 0.25) is 0 Å². The molecule has 0 saturated carbocycles. The van der Waals surface area contributed by atoms with Gasteiger partial charge in [-0.1, -0.05) is 6.07 Å². The minimum atomic E-state index is -4.53. The summed E-state index contributed by atoms with van der Waals surface area (Å²) in [7, 11) is 0. The second kappa shape index (κ2) is 5.14. The SMILES string of the molecule is O=c1c2cccc(C(F)(F)F)c2ncn1C[C@@H]1CCCO1. The highest BCUT2D eigenvalue weighted by molar-refractivity contribution is 5.81. The van der Waals surface area contributed by atoms with Crippen LogP contribution in [0.25, 0.3) is 10.9 Å². The van der Waals surface area contributed by atoms with Crippen LogP contribution in [0.1, 0.15) is 18.4 Å². The third-order valence-corrected chi connectivity index (χ3v) is 3.58. The molecular formula is C14H13F3N2O2. The van der Waals surface area contributed by atoms with Gasteiger partial charge in [-0.2, -0.15) is 13.2 Å². The second-order valence-corrected chi connectivity index (χ2v) is 5.04. The van der Waals surface area contributed by atoms with Crippen LogP contribution in [-0.4, -0.2) is 22.3 Å². The van der Waals surface area contributed by atoms with E-state index < -0.39 is 17.3 Å². The number of hydrogen-bond acceptors (Lipinski definition) is 3. The first kappa shape index (κ1) is 14.1. The van der Waals surface area contributed by atoms with Crippen molar-refractivity contribution in [3.05, 3.63) is 40.4 Å². The topological polar surface area (TPSA) is 44.1 Å². The van der Waals surface area contributed by atoms with E-state index in [0.717, 1.165) is 18.9 Å². The summed E-state index contributed by atoms with van der Waals surface area (Å²) in [6.45, 7) is 0.969. The highest BCUT2D eigenvalue weighted by atomic mass is 19.4. The molecular weight excluding hydrogens is 285 g/mol. The molecule has 1 atom stereocenters. The molecule has 0 spiro atoms. The van der Waals surface area contributed by atoms with Crippen molar-refractivity contribution >= 4 is 10.9 Å². The summed E-state index contributed by atoms with van der Waals surface area (Å²) in [5.74, 6) is 0. The van der Waals surface area contributed by atoms with Crippen molar-refractivity contribution in [1.29, 1.82) is 0 Å². The summed E-state index contributed by atoms with van der Waals surface area (Å²) < 4.78 is 45.5. The molecule has 4 nitrogen and oxygen atoms in total. The summed E-state index contributed by atoms with van der Waals surface area (Å²) in [5, 5.41) is -0.0229. The summed E-state index contributed by atoms with van der Waals surface area (Å²) in [4.78, 5) is 16.1. The van der Waals surface area contributed by atoms with Crippen molar-refractivity contribution in [3.8, 4) is 0 Å². The first-order valence-electron chi connectivity index (χ1n) is 6.64. The van der Waals surface area contributed by atoms with E-state index in [9.17, 15) is 18.0 Å². The Bertz CT molecular complexity index is 718. The van der Waals surface area contributed by atoms with Crippen LogP contribution in [0.2, 0.25) is 0 Å². The van der Waals surface area contributed by atoms with Gasteiger partial charge < -0.3 is 4.74 Å². The Morgan fingerprint density at radius 3 is 2.86 bits per heavy atom. The van der Waals surface area contributed by atoms with Gasteiger partial charge in [0.15, 0.2) is 0 Å². The van der Waals surface area contributed by atoms with Gasteiger partial charge in [0.05, 0.1) is 35.4 Å². The predicted octanol–water partition coefficient (Wildman–Crippen LogP) is 2.59. The fourth-order valence-corrected chi connectivity index (χ4v) is 2.56. The van der Waals surface area contributed by atoms with E-state index in [1.165, 1.54) is 23.0 Å². The van der Waals surface area contributed by atoms with Crippen molar-refractivity contribution in [1.82, 2.24) is 9.55 Å². The lowest BCUT2D eigenvalue weighted by atomic mass is 10.1. The zero-order valence-electron chi connectivity index (χ0n) is 11.1. The number of fused-ring (bicyclic) bond motifs is 1. The fraction of sp³-hybridized carbons (Fsp3) is 0.429. The maximum absolute atomic E-state index is 12.9. The summed E-state index contributed by atoms with van der Waals surface area (Å²) >= 11 is 0. The molecule has 0 unspecified atom stereocenters. The van der Waals surface area contributed by atoms with Gasteiger partial charge in [-0.15, -0.1) is 0 Å². The van der Waals surface area contributed by atoms with Gasteiger partial charge in [-0.05, 0) is 25.0 Å². The van der Waals surface area contributed by atoms with Crippen molar-refractivity contribution in [3.63, 3.8) is 0 Å². The third-order valence-electron chi connectivity index (χ3n) is 3.58. The van der Waals surface area contributed by atoms with Gasteiger partial charge in [-0.25, -0.2) is 4.98 Å². The lowest BCUT2D eigenvalue weighted by Crippen LogP contribution is -2.27. The molecule has 3 rings (SSSR count). The number of aromatic nitrogens is 2. The van der Waals surface area contributed by atoms with Crippen LogP contribution in [0, 0.1) is 0 Å². The first-order valence-corrected chi connectivity index (χ1v) is 6.64. The Morgan fingerprint density at radius 2 is 2.19 bits per heavy atom. The number of benzene rings is 1. The van der Waals surface area contributed by atoms with Gasteiger partial charge in [0.25, 0.3) is 5.56 Å². The molecule has 2 aromatic rings. The van der Waals surface area contributed by atoms with E-state index >= 15 is 0 Å². The quantitative estimate of drug-likeness (QED) is 0.856. The minimum Gasteiger partial charge on any atom is -0.376 e. The molecule has 0 amide bonds. The number of halogens is 3. The van der Waals surface area contributed by atoms with Crippen LogP contribution < -0.4 is 5.56 Å². The van der Waals surface area contributed by atoms with Crippen LogP contribution in [0.15, 0.2) is 29.3 Å². The predicted molar refractivity (Wildman–Crippen MR) is 70.0 cm³/mol. The Labute approximate surface area is 118 Å². The lowest BCUT2D eigenvalue weighted by molar-refractivity contribution is -0.136. The highest BCUT2D eigenvalue weighted by Gasteiger charge is 2.33. The van der Waals surface area contributed by atoms with Crippen molar-refractivity contribution in [2.45, 2.75) is 31.7 Å². The summed E-state index contributed by atoms with van der Waals surface area (Å²) in [6, 6.07) is 3.52. The third kappa shape index (κ3) is 2.65. The summed E-state index contributed by atoms with van der Waals surface area (Å²) in [6.07, 6.45) is -1.67. The van der Waals surface area contributed by atoms with Gasteiger partial charge in [0, 0.05) is 6.61 Å². The van der Waals surface area contributed by atoms with E-state index in [1.54, 1.807) is 0 Å². The van der Waals surface area contributed by atoms with Crippen LogP contribution >= 0.6 is 0 Å². The minimum absolute atomic E-state index is 0.0229. The van der Waals surface area contributed by atoms with E-state index in [1.807, 2.05) is 0 Å². The zero-order valence-corrected chi connectivity index (χ0v) is 11.1. The average Bonchev–Trinajstić information content (AvgIpc) is 2.93. The molecule has 1 aromatic heterocycles. The number of rotatable bonds is 2. The maximum Gasteiger partial charge on any atom is 0.418 e. The van der Waals surface area contributed by atoms with Crippen LogP contribution in [0.4, 0.5) is 13.2 Å². The number of para-hydroxylation sites is 1. The van der Waals surface area contributed by atoms with Gasteiger partial charge >= 0.3 is 6.18 Å². The Kier molecular flexibility index (Phi) is 3.44. The molecule has 1 aliphatic rings. The van der Waals surface area contributed by atoms with Crippen LogP contribution in [-0.2, 0) is 17.5 Å². The molecule has 0 N–H and O–H groups in total. The fourth-order valence-electron chi connectivity index (χ4n) is 2.56. The molecule has 0 aliphatic carbocycles. The first-order chi connectivity index (χ1) is 9.97. The van der Waals surface area contributed by atoms with E-state index in [-0.39, 0.29) is 17.0 Å². The van der Waals surface area contributed by atoms with Gasteiger partial charge in [-0.3, -0.25) is 9.36 Å². The monoisotopic (exact) mass is 298 g/mol. The zero-order chi connectivity index (χ0) is 15.0. The molecule has 0 bridgehead atoms. The highest BCUT2D eigenvalue weighted by Crippen LogP contribution is 2.32. The van der Waals surface area contributed by atoms with Crippen molar-refractivity contribution in [2.75, 3.05) is 6.61 Å². The Balaban J connectivity index is 2.07. The van der Waals surface area contributed by atoms with Crippen molar-refractivity contribution < 1.29 is 17.9 Å². The van der Waals surface area contributed by atoms with Crippen LogP contribution in [0.5, 0.6) is 0 Å². The van der Waals surface area contributed by atoms with Gasteiger partial charge in [0.1, 0.15) is 0 Å². The van der Waals surface area contributed by atoms with Crippen molar-refractivity contribution in [2.24, 2.45) is 0 Å². The normalized spacial score (nSPS) is 19.3. The van der Waals surface area contributed by atoms with E-state index in [4.69, 9.17) is 4.74 Å². The lowest BCUT2D eigenvalue weighted by Gasteiger charge is -2.13. The molecule has 0 radical (unpaired) electrons. The maximum atomic E-state index is 12.9. The molecule has 1 fully saturated rings. The Hall–Kier alpha value is -1.89. The number of nitrogens with zero attached hydrogens (tertiary/aromatic N) is 2. The molecule has 1 saturated heterocycles. The summed E-state index contributed by atoms with van der Waals surface area (Å²) in [5.41, 5.74) is -1.67. The molecule has 2 heterocycles. The molecule has 21 heavy (non-hydrogen) atoms. The molecule has 112 valence electrons. The Morgan fingerprint density at radius 1 is 1.38 bits per heavy atom. The molecule has 7 heteroatoms. The van der Waals surface area contributed by atoms with Crippen LogP contribution in [0.3, 0.4) is 0 Å². The smallest absolute Gasteiger partial charge is 0.376 e. The average molecular weight is 298 g/mol. The largest absolute Gasteiger partial charge is 0.418 e. The molecule has 1 aromatic carbocycles. The molecule has 1 aliphatic heterocycles. The van der Waals surface area contributed by atoms with E-state index in [0.29, 0.717) is 13.2 Å². The standard InChI is InChI=1S/C14H13F3N2O2/c15-14(16,17)11-5-1-4-10-12(11)18-8-19(13(10)20)7-9-3-2-6-21-9/h1,4-5,8-9H,2-3,6-7H2/t9-/m0/s1. The number of alkyl halides is 3. The van der Waals surface area contributed by atoms with E-state index in [2.05, 4.69) is 4.98 Å².